The maximum absolute atomic E-state index is 11.7. The van der Waals surface area contributed by atoms with Crippen LogP contribution in [0.15, 0.2) is 16.7 Å². The van der Waals surface area contributed by atoms with Crippen LogP contribution in [0.3, 0.4) is 0 Å². The minimum atomic E-state index is 0.000697. The normalized spacial score (nSPS) is 12.2. The number of aromatic nitrogens is 1. The highest BCUT2D eigenvalue weighted by molar-refractivity contribution is 9.10. The van der Waals surface area contributed by atoms with Crippen LogP contribution in [-0.4, -0.2) is 22.9 Å². The first-order valence-corrected chi connectivity index (χ1v) is 7.15. The minimum absolute atomic E-state index is 0.000697. The topological polar surface area (TPSA) is 42.0 Å². The molecule has 0 unspecified atom stereocenters. The molecule has 1 aromatic rings. The van der Waals surface area contributed by atoms with Gasteiger partial charge in [-0.2, -0.15) is 11.8 Å². The summed E-state index contributed by atoms with van der Waals surface area (Å²) in [6.45, 7) is 3.88. The summed E-state index contributed by atoms with van der Waals surface area (Å²) in [4.78, 5) is 15.9. The monoisotopic (exact) mass is 302 g/mol. The fraction of sp³-hybridized carbons (Fsp3) is 0.455. The van der Waals surface area contributed by atoms with Gasteiger partial charge in [0, 0.05) is 22.3 Å². The second kappa shape index (κ2) is 6.25. The lowest BCUT2D eigenvalue weighted by Gasteiger charge is -2.10. The summed E-state index contributed by atoms with van der Waals surface area (Å²) in [6.07, 6.45) is 3.69. The Bertz CT molecular complexity index is 384. The Morgan fingerprint density at radius 3 is 2.94 bits per heavy atom. The molecule has 1 heterocycles. The smallest absolute Gasteiger partial charge is 0.229 e. The number of thioether (sulfide) groups is 1. The molecule has 0 aromatic carbocycles. The summed E-state index contributed by atoms with van der Waals surface area (Å²) in [6, 6.07) is 1.85. The number of hydrogen-bond donors (Lipinski definition) is 1. The zero-order valence-electron chi connectivity index (χ0n) is 9.58. The Morgan fingerprint density at radius 1 is 1.69 bits per heavy atom. The lowest BCUT2D eigenvalue weighted by Crippen LogP contribution is -2.22. The fourth-order valence-electron chi connectivity index (χ4n) is 1.18. The van der Waals surface area contributed by atoms with Gasteiger partial charge < -0.3 is 5.32 Å². The van der Waals surface area contributed by atoms with E-state index in [4.69, 9.17) is 0 Å². The van der Waals surface area contributed by atoms with Crippen LogP contribution in [0.1, 0.15) is 12.5 Å². The first kappa shape index (κ1) is 13.5. The molecule has 0 spiro atoms. The third-order valence-corrected chi connectivity index (χ3v) is 3.83. The molecule has 0 aliphatic rings. The Balaban J connectivity index is 2.66. The molecule has 1 rings (SSSR count). The molecule has 1 amide bonds. The molecule has 0 radical (unpaired) electrons. The predicted molar refractivity (Wildman–Crippen MR) is 72.8 cm³/mol. The summed E-state index contributed by atoms with van der Waals surface area (Å²) >= 11 is 5.04. The standard InChI is InChI=1S/C11H15BrN2OS/c1-7-4-10(13-5-9(7)12)14-11(15)8(2)6-16-3/h4-5,8H,6H2,1-3H3,(H,13,14,15)/t8-/m1/s1. The second-order valence-corrected chi connectivity index (χ2v) is 5.43. The minimum Gasteiger partial charge on any atom is -0.310 e. The van der Waals surface area contributed by atoms with Crippen molar-refractivity contribution in [1.29, 1.82) is 0 Å². The highest BCUT2D eigenvalue weighted by atomic mass is 79.9. The van der Waals surface area contributed by atoms with Gasteiger partial charge in [0.2, 0.25) is 5.91 Å². The molecule has 1 atom stereocenters. The maximum Gasteiger partial charge on any atom is 0.229 e. The van der Waals surface area contributed by atoms with E-state index >= 15 is 0 Å². The number of rotatable bonds is 4. The number of amides is 1. The van der Waals surface area contributed by atoms with Crippen molar-refractivity contribution in [2.75, 3.05) is 17.3 Å². The van der Waals surface area contributed by atoms with Crippen LogP contribution in [-0.2, 0) is 4.79 Å². The van der Waals surface area contributed by atoms with Crippen LogP contribution in [0.5, 0.6) is 0 Å². The van der Waals surface area contributed by atoms with Crippen molar-refractivity contribution in [3.63, 3.8) is 0 Å². The highest BCUT2D eigenvalue weighted by Gasteiger charge is 2.12. The van der Waals surface area contributed by atoms with Gasteiger partial charge in [-0.25, -0.2) is 4.98 Å². The van der Waals surface area contributed by atoms with E-state index in [0.29, 0.717) is 5.82 Å². The van der Waals surface area contributed by atoms with E-state index in [1.807, 2.05) is 26.2 Å². The van der Waals surface area contributed by atoms with E-state index in [2.05, 4.69) is 26.2 Å². The Hall–Kier alpha value is -0.550. The van der Waals surface area contributed by atoms with Crippen LogP contribution >= 0.6 is 27.7 Å². The zero-order chi connectivity index (χ0) is 12.1. The third kappa shape index (κ3) is 3.79. The van der Waals surface area contributed by atoms with Crippen molar-refractivity contribution in [2.24, 2.45) is 5.92 Å². The van der Waals surface area contributed by atoms with Gasteiger partial charge in [-0.1, -0.05) is 6.92 Å². The number of anilines is 1. The molecule has 3 nitrogen and oxygen atoms in total. The van der Waals surface area contributed by atoms with Gasteiger partial charge in [-0.3, -0.25) is 4.79 Å². The highest BCUT2D eigenvalue weighted by Crippen LogP contribution is 2.17. The number of carbonyl (C=O) groups is 1. The number of aryl methyl sites for hydroxylation is 1. The van der Waals surface area contributed by atoms with E-state index in [1.165, 1.54) is 0 Å². The molecule has 0 saturated heterocycles. The average Bonchev–Trinajstić information content (AvgIpc) is 2.24. The maximum atomic E-state index is 11.7. The Kier molecular flexibility index (Phi) is 5.28. The molecule has 0 saturated carbocycles. The summed E-state index contributed by atoms with van der Waals surface area (Å²) in [5.41, 5.74) is 1.06. The molecule has 1 N–H and O–H groups in total. The number of carbonyl (C=O) groups excluding carboxylic acids is 1. The molecule has 5 heteroatoms. The van der Waals surface area contributed by atoms with Crippen molar-refractivity contribution < 1.29 is 4.79 Å². The SMILES string of the molecule is CSC[C@@H](C)C(=O)Nc1cc(C)c(Br)cn1. The van der Waals surface area contributed by atoms with E-state index in [-0.39, 0.29) is 11.8 Å². The summed E-state index contributed by atoms with van der Waals surface area (Å²) in [7, 11) is 0. The first-order valence-electron chi connectivity index (χ1n) is 4.96. The average molecular weight is 303 g/mol. The number of halogens is 1. The summed E-state index contributed by atoms with van der Waals surface area (Å²) < 4.78 is 0.947. The van der Waals surface area contributed by atoms with Crippen molar-refractivity contribution in [2.45, 2.75) is 13.8 Å². The lowest BCUT2D eigenvalue weighted by atomic mass is 10.2. The van der Waals surface area contributed by atoms with E-state index in [1.54, 1.807) is 18.0 Å². The second-order valence-electron chi connectivity index (χ2n) is 3.66. The van der Waals surface area contributed by atoms with E-state index in [0.717, 1.165) is 15.8 Å². The van der Waals surface area contributed by atoms with Crippen molar-refractivity contribution in [3.8, 4) is 0 Å². The first-order chi connectivity index (χ1) is 7.54. The number of hydrogen-bond acceptors (Lipinski definition) is 3. The van der Waals surface area contributed by atoms with Gasteiger partial charge in [0.25, 0.3) is 0 Å². The van der Waals surface area contributed by atoms with Crippen molar-refractivity contribution in [1.82, 2.24) is 4.98 Å². The van der Waals surface area contributed by atoms with Gasteiger partial charge >= 0.3 is 0 Å². The van der Waals surface area contributed by atoms with Crippen LogP contribution in [0.4, 0.5) is 5.82 Å². The fourth-order valence-corrected chi connectivity index (χ4v) is 2.05. The molecular formula is C11H15BrN2OS. The predicted octanol–water partition coefficient (Wildman–Crippen LogP) is 3.09. The van der Waals surface area contributed by atoms with Crippen LogP contribution in [0.2, 0.25) is 0 Å². The quantitative estimate of drug-likeness (QED) is 0.929. The van der Waals surface area contributed by atoms with Gasteiger partial charge in [-0.15, -0.1) is 0 Å². The van der Waals surface area contributed by atoms with Gasteiger partial charge in [0.1, 0.15) is 5.82 Å². The largest absolute Gasteiger partial charge is 0.310 e. The Morgan fingerprint density at radius 2 is 2.38 bits per heavy atom. The van der Waals surface area contributed by atoms with E-state index < -0.39 is 0 Å². The number of pyridine rings is 1. The number of nitrogens with one attached hydrogen (secondary N) is 1. The molecule has 0 aliphatic heterocycles. The molecule has 1 aromatic heterocycles. The van der Waals surface area contributed by atoms with Crippen LogP contribution in [0, 0.1) is 12.8 Å². The zero-order valence-corrected chi connectivity index (χ0v) is 12.0. The van der Waals surface area contributed by atoms with Gasteiger partial charge in [0.05, 0.1) is 0 Å². The van der Waals surface area contributed by atoms with Crippen molar-refractivity contribution >= 4 is 39.4 Å². The van der Waals surface area contributed by atoms with Gasteiger partial charge in [-0.05, 0) is 40.7 Å². The molecule has 0 bridgehead atoms. The Labute approximate surface area is 109 Å². The molecule has 16 heavy (non-hydrogen) atoms. The molecule has 0 fully saturated rings. The molecule has 0 aliphatic carbocycles. The molecule has 88 valence electrons. The van der Waals surface area contributed by atoms with E-state index in [9.17, 15) is 4.79 Å². The third-order valence-electron chi connectivity index (χ3n) is 2.16. The van der Waals surface area contributed by atoms with Crippen LogP contribution < -0.4 is 5.32 Å². The molecular weight excluding hydrogens is 288 g/mol. The number of nitrogens with zero attached hydrogens (tertiary/aromatic N) is 1. The van der Waals surface area contributed by atoms with Gasteiger partial charge in [0.15, 0.2) is 0 Å². The lowest BCUT2D eigenvalue weighted by molar-refractivity contribution is -0.118. The summed E-state index contributed by atoms with van der Waals surface area (Å²) in [5, 5.41) is 2.81. The summed E-state index contributed by atoms with van der Waals surface area (Å²) in [5.74, 6) is 1.45. The van der Waals surface area contributed by atoms with Crippen LogP contribution in [0.25, 0.3) is 0 Å². The van der Waals surface area contributed by atoms with Crippen molar-refractivity contribution in [3.05, 3.63) is 22.3 Å².